The van der Waals surface area contributed by atoms with Crippen LogP contribution in [0.25, 0.3) is 0 Å². The van der Waals surface area contributed by atoms with Gasteiger partial charge >= 0.3 is 6.09 Å². The van der Waals surface area contributed by atoms with Crippen molar-refractivity contribution < 1.29 is 14.6 Å². The van der Waals surface area contributed by atoms with E-state index in [9.17, 15) is 4.79 Å². The monoisotopic (exact) mass is 283 g/mol. The third kappa shape index (κ3) is 4.40. The number of amides is 1. The number of ether oxygens (including phenoxy) is 1. The molecule has 2 N–H and O–H groups in total. The van der Waals surface area contributed by atoms with Gasteiger partial charge in [-0.3, -0.25) is 0 Å². The van der Waals surface area contributed by atoms with Gasteiger partial charge in [-0.1, -0.05) is 30.3 Å². The normalized spacial score (nSPS) is 26.9. The van der Waals surface area contributed by atoms with Gasteiger partial charge in [0.05, 0.1) is 18.1 Å². The van der Waals surface area contributed by atoms with Crippen molar-refractivity contribution in [2.75, 3.05) is 0 Å². The molecule has 19 heavy (non-hydrogen) atoms. The quantitative estimate of drug-likeness (QED) is 0.835. The largest absolute Gasteiger partial charge is 0.465 e. The number of rotatable bonds is 4. The summed E-state index contributed by atoms with van der Waals surface area (Å²) in [4.78, 5) is 10.6. The highest BCUT2D eigenvalue weighted by atomic mass is 35.5. The van der Waals surface area contributed by atoms with Crippen molar-refractivity contribution in [1.29, 1.82) is 0 Å². The smallest absolute Gasteiger partial charge is 0.404 e. The second-order valence-corrected chi connectivity index (χ2v) is 5.36. The van der Waals surface area contributed by atoms with E-state index in [2.05, 4.69) is 5.32 Å². The molecule has 0 aromatic heterocycles. The van der Waals surface area contributed by atoms with Crippen LogP contribution in [-0.2, 0) is 11.3 Å². The van der Waals surface area contributed by atoms with Crippen LogP contribution in [0.1, 0.15) is 24.8 Å². The summed E-state index contributed by atoms with van der Waals surface area (Å²) in [5, 5.41) is 11.0. The van der Waals surface area contributed by atoms with Crippen LogP contribution >= 0.6 is 11.6 Å². The van der Waals surface area contributed by atoms with Gasteiger partial charge in [-0.2, -0.15) is 0 Å². The molecule has 0 saturated heterocycles. The lowest BCUT2D eigenvalue weighted by molar-refractivity contribution is 0.0128. The van der Waals surface area contributed by atoms with Gasteiger partial charge in [0.25, 0.3) is 0 Å². The van der Waals surface area contributed by atoms with E-state index in [1.807, 2.05) is 30.3 Å². The molecule has 1 aromatic rings. The van der Waals surface area contributed by atoms with E-state index in [1.165, 1.54) is 0 Å². The molecule has 0 bridgehead atoms. The first-order valence-electron chi connectivity index (χ1n) is 6.44. The van der Waals surface area contributed by atoms with Gasteiger partial charge in [-0.05, 0) is 24.8 Å². The number of nitrogens with one attached hydrogen (secondary N) is 1. The Labute approximate surface area is 117 Å². The maximum atomic E-state index is 10.6. The molecule has 1 fully saturated rings. The average molecular weight is 284 g/mol. The molecule has 5 heteroatoms. The second kappa shape index (κ2) is 6.78. The second-order valence-electron chi connectivity index (χ2n) is 4.80. The van der Waals surface area contributed by atoms with Crippen LogP contribution < -0.4 is 5.32 Å². The van der Waals surface area contributed by atoms with E-state index in [4.69, 9.17) is 21.4 Å². The standard InChI is InChI=1S/C14H18ClNO3/c15-12-8-11(6-7-13(12)16-14(17)18)19-9-10-4-2-1-3-5-10/h1-5,11-13,16H,6-9H2,(H,17,18)/t11-,12+,13+/m0/s1. The Balaban J connectivity index is 1.77. The van der Waals surface area contributed by atoms with Gasteiger partial charge in [0, 0.05) is 6.04 Å². The first-order chi connectivity index (χ1) is 9.15. The molecule has 2 rings (SSSR count). The molecule has 0 heterocycles. The highest BCUT2D eigenvalue weighted by Gasteiger charge is 2.30. The number of hydrogen-bond donors (Lipinski definition) is 2. The summed E-state index contributed by atoms with van der Waals surface area (Å²) < 4.78 is 5.83. The van der Waals surface area contributed by atoms with Crippen LogP contribution in [0.5, 0.6) is 0 Å². The summed E-state index contributed by atoms with van der Waals surface area (Å²) in [7, 11) is 0. The fourth-order valence-electron chi connectivity index (χ4n) is 2.34. The first kappa shape index (κ1) is 14.2. The van der Waals surface area contributed by atoms with Crippen LogP contribution in [0.2, 0.25) is 0 Å². The Bertz CT molecular complexity index is 412. The molecule has 1 saturated carbocycles. The highest BCUT2D eigenvalue weighted by molar-refractivity contribution is 6.21. The maximum absolute atomic E-state index is 10.6. The molecule has 104 valence electrons. The molecule has 1 aromatic carbocycles. The Morgan fingerprint density at radius 2 is 2.11 bits per heavy atom. The fourth-order valence-corrected chi connectivity index (χ4v) is 2.73. The zero-order valence-corrected chi connectivity index (χ0v) is 11.3. The summed E-state index contributed by atoms with van der Waals surface area (Å²) >= 11 is 6.20. The van der Waals surface area contributed by atoms with Crippen LogP contribution in [-0.4, -0.2) is 28.7 Å². The molecule has 1 amide bonds. The molecule has 1 aliphatic carbocycles. The van der Waals surface area contributed by atoms with E-state index < -0.39 is 6.09 Å². The Morgan fingerprint density at radius 3 is 2.74 bits per heavy atom. The third-order valence-corrected chi connectivity index (χ3v) is 3.84. The van der Waals surface area contributed by atoms with Crippen molar-refractivity contribution in [1.82, 2.24) is 5.32 Å². The average Bonchev–Trinajstić information content (AvgIpc) is 2.40. The topological polar surface area (TPSA) is 58.6 Å². The molecule has 0 aliphatic heterocycles. The Hall–Kier alpha value is -1.26. The molecular weight excluding hydrogens is 266 g/mol. The Kier molecular flexibility index (Phi) is 5.05. The van der Waals surface area contributed by atoms with Crippen molar-refractivity contribution >= 4 is 17.7 Å². The predicted octanol–water partition coefficient (Wildman–Crippen LogP) is 3.00. The van der Waals surface area contributed by atoms with Gasteiger partial charge in [0.1, 0.15) is 0 Å². The van der Waals surface area contributed by atoms with Crippen LogP contribution in [0.4, 0.5) is 4.79 Å². The fraction of sp³-hybridized carbons (Fsp3) is 0.500. The summed E-state index contributed by atoms with van der Waals surface area (Å²) in [6.45, 7) is 0.576. The van der Waals surface area contributed by atoms with E-state index in [-0.39, 0.29) is 17.5 Å². The zero-order valence-electron chi connectivity index (χ0n) is 10.6. The number of hydrogen-bond acceptors (Lipinski definition) is 2. The third-order valence-electron chi connectivity index (χ3n) is 3.36. The minimum Gasteiger partial charge on any atom is -0.465 e. The van der Waals surface area contributed by atoms with E-state index >= 15 is 0 Å². The number of alkyl halides is 1. The van der Waals surface area contributed by atoms with E-state index in [1.54, 1.807) is 0 Å². The minimum atomic E-state index is -1.01. The minimum absolute atomic E-state index is 0.106. The van der Waals surface area contributed by atoms with Crippen molar-refractivity contribution in [2.45, 2.75) is 43.4 Å². The maximum Gasteiger partial charge on any atom is 0.404 e. The molecule has 1 aliphatic rings. The number of benzene rings is 1. The lowest BCUT2D eigenvalue weighted by Crippen LogP contribution is -2.45. The van der Waals surface area contributed by atoms with Gasteiger partial charge in [0.15, 0.2) is 0 Å². The van der Waals surface area contributed by atoms with Crippen molar-refractivity contribution in [3.63, 3.8) is 0 Å². The van der Waals surface area contributed by atoms with Crippen LogP contribution in [0, 0.1) is 0 Å². The van der Waals surface area contributed by atoms with Gasteiger partial charge < -0.3 is 15.2 Å². The Morgan fingerprint density at radius 1 is 1.37 bits per heavy atom. The molecule has 0 spiro atoms. The number of carbonyl (C=O) groups is 1. The summed E-state index contributed by atoms with van der Waals surface area (Å²) in [6.07, 6.45) is 1.33. The summed E-state index contributed by atoms with van der Waals surface area (Å²) in [5.41, 5.74) is 1.14. The molecule has 3 atom stereocenters. The van der Waals surface area contributed by atoms with Crippen molar-refractivity contribution in [3.8, 4) is 0 Å². The summed E-state index contributed by atoms with van der Waals surface area (Å²) in [5.74, 6) is 0. The van der Waals surface area contributed by atoms with Crippen LogP contribution in [0.15, 0.2) is 30.3 Å². The lowest BCUT2D eigenvalue weighted by Gasteiger charge is -2.32. The van der Waals surface area contributed by atoms with Gasteiger partial charge in [0.2, 0.25) is 0 Å². The number of halogens is 1. The lowest BCUT2D eigenvalue weighted by atomic mass is 9.92. The van der Waals surface area contributed by atoms with Crippen molar-refractivity contribution in [2.24, 2.45) is 0 Å². The highest BCUT2D eigenvalue weighted by Crippen LogP contribution is 2.26. The SMILES string of the molecule is O=C(O)N[C@@H]1CC[C@H](OCc2ccccc2)C[C@H]1Cl. The van der Waals surface area contributed by atoms with E-state index in [0.29, 0.717) is 13.0 Å². The predicted molar refractivity (Wildman–Crippen MR) is 73.5 cm³/mol. The van der Waals surface area contributed by atoms with E-state index in [0.717, 1.165) is 18.4 Å². The molecular formula is C14H18ClNO3. The first-order valence-corrected chi connectivity index (χ1v) is 6.88. The van der Waals surface area contributed by atoms with Gasteiger partial charge in [-0.25, -0.2) is 4.79 Å². The molecule has 4 nitrogen and oxygen atoms in total. The van der Waals surface area contributed by atoms with Crippen molar-refractivity contribution in [3.05, 3.63) is 35.9 Å². The number of carboxylic acid groups (broad SMARTS) is 1. The molecule has 0 unspecified atom stereocenters. The summed E-state index contributed by atoms with van der Waals surface area (Å²) in [6, 6.07) is 9.82. The molecule has 0 radical (unpaired) electrons. The van der Waals surface area contributed by atoms with Gasteiger partial charge in [-0.15, -0.1) is 11.6 Å². The van der Waals surface area contributed by atoms with Crippen LogP contribution in [0.3, 0.4) is 0 Å². The zero-order chi connectivity index (χ0) is 13.7.